The highest BCUT2D eigenvalue weighted by atomic mass is 15.0. The predicted molar refractivity (Wildman–Crippen MR) is 92.9 cm³/mol. The topological polar surface area (TPSA) is 17.0 Å². The largest absolute Gasteiger partial charge is 0.347 e. The van der Waals surface area contributed by atoms with E-state index >= 15 is 0 Å². The van der Waals surface area contributed by atoms with Gasteiger partial charge in [0.1, 0.15) is 0 Å². The Bertz CT molecular complexity index is 539. The molecule has 116 valence electrons. The lowest BCUT2D eigenvalue weighted by Crippen LogP contribution is -2.23. The van der Waals surface area contributed by atoms with Crippen molar-refractivity contribution in [3.05, 3.63) is 36.0 Å². The smallest absolute Gasteiger partial charge is 0.0483 e. The van der Waals surface area contributed by atoms with Gasteiger partial charge in [0, 0.05) is 29.7 Å². The van der Waals surface area contributed by atoms with Crippen molar-refractivity contribution in [1.82, 2.24) is 9.88 Å². The molecule has 1 aromatic carbocycles. The Morgan fingerprint density at radius 2 is 1.90 bits per heavy atom. The first-order valence-electron chi connectivity index (χ1n) is 8.52. The summed E-state index contributed by atoms with van der Waals surface area (Å²) in [6.45, 7) is 8.95. The van der Waals surface area contributed by atoms with Gasteiger partial charge in [0.05, 0.1) is 0 Å². The van der Waals surface area contributed by atoms with Crippen molar-refractivity contribution >= 4 is 10.9 Å². The quantitative estimate of drug-likeness (QED) is 0.657. The Morgan fingerprint density at radius 3 is 2.67 bits per heavy atom. The lowest BCUT2D eigenvalue weighted by Gasteiger charge is -2.07. The maximum Gasteiger partial charge on any atom is 0.0483 e. The van der Waals surface area contributed by atoms with E-state index in [1.165, 1.54) is 48.6 Å². The van der Waals surface area contributed by atoms with Crippen LogP contribution in [0.3, 0.4) is 0 Å². The van der Waals surface area contributed by atoms with E-state index in [4.69, 9.17) is 0 Å². The molecule has 0 saturated carbocycles. The second kappa shape index (κ2) is 8.23. The molecule has 0 fully saturated rings. The predicted octanol–water partition coefficient (Wildman–Crippen LogP) is 4.76. The first-order chi connectivity index (χ1) is 10.2. The van der Waals surface area contributed by atoms with E-state index in [2.05, 4.69) is 61.1 Å². The number of hydrogen-bond donors (Lipinski definition) is 1. The normalized spacial score (nSPS) is 11.6. The second-order valence-electron chi connectivity index (χ2n) is 6.28. The number of nitrogens with zero attached hydrogens (tertiary/aromatic N) is 1. The maximum absolute atomic E-state index is 3.50. The molecule has 21 heavy (non-hydrogen) atoms. The van der Waals surface area contributed by atoms with Gasteiger partial charge in [-0.2, -0.15) is 0 Å². The summed E-state index contributed by atoms with van der Waals surface area (Å²) in [7, 11) is 0. The molecule has 2 heteroatoms. The molecule has 2 rings (SSSR count). The Morgan fingerprint density at radius 1 is 1.10 bits per heavy atom. The van der Waals surface area contributed by atoms with Gasteiger partial charge in [0.15, 0.2) is 0 Å². The van der Waals surface area contributed by atoms with Gasteiger partial charge in [-0.05, 0) is 43.9 Å². The molecule has 1 aromatic heterocycles. The lowest BCUT2D eigenvalue weighted by atomic mass is 10.1. The molecule has 0 saturated heterocycles. The minimum atomic E-state index is 0.598. The number of para-hydroxylation sites is 1. The van der Waals surface area contributed by atoms with Crippen molar-refractivity contribution in [2.45, 2.75) is 65.5 Å². The molecule has 0 aliphatic carbocycles. The van der Waals surface area contributed by atoms with Crippen LogP contribution in [0.2, 0.25) is 0 Å². The van der Waals surface area contributed by atoms with Gasteiger partial charge in [0.25, 0.3) is 0 Å². The standard InChI is InChI=1S/C19H30N2/c1-4-5-14-21-15-17(10-8-9-13-20-16(2)3)18-11-6-7-12-19(18)21/h6-7,11-12,15-16,20H,4-5,8-10,13-14H2,1-3H3. The molecule has 1 heterocycles. The van der Waals surface area contributed by atoms with Gasteiger partial charge in [-0.3, -0.25) is 0 Å². The monoisotopic (exact) mass is 286 g/mol. The zero-order valence-corrected chi connectivity index (χ0v) is 13.9. The van der Waals surface area contributed by atoms with Gasteiger partial charge in [0.2, 0.25) is 0 Å². The van der Waals surface area contributed by atoms with Crippen molar-refractivity contribution < 1.29 is 0 Å². The number of unbranched alkanes of at least 4 members (excludes halogenated alkanes) is 2. The van der Waals surface area contributed by atoms with Crippen molar-refractivity contribution in [2.75, 3.05) is 6.54 Å². The molecule has 0 bridgehead atoms. The molecule has 2 nitrogen and oxygen atoms in total. The third-order valence-electron chi connectivity index (χ3n) is 4.05. The average Bonchev–Trinajstić information content (AvgIpc) is 2.83. The van der Waals surface area contributed by atoms with Crippen LogP contribution in [0.1, 0.15) is 52.0 Å². The SMILES string of the molecule is CCCCn1cc(CCCCNC(C)C)c2ccccc21. The van der Waals surface area contributed by atoms with Crippen LogP contribution in [0.15, 0.2) is 30.5 Å². The molecular weight excluding hydrogens is 256 g/mol. The molecule has 2 aromatic rings. The van der Waals surface area contributed by atoms with Crippen LogP contribution >= 0.6 is 0 Å². The molecule has 0 spiro atoms. The van der Waals surface area contributed by atoms with Gasteiger partial charge < -0.3 is 9.88 Å². The fourth-order valence-corrected chi connectivity index (χ4v) is 2.87. The molecule has 0 radical (unpaired) electrons. The Hall–Kier alpha value is -1.28. The number of nitrogens with one attached hydrogen (secondary N) is 1. The minimum Gasteiger partial charge on any atom is -0.347 e. The first-order valence-corrected chi connectivity index (χ1v) is 8.52. The van der Waals surface area contributed by atoms with E-state index in [-0.39, 0.29) is 0 Å². The second-order valence-corrected chi connectivity index (χ2v) is 6.28. The number of rotatable bonds is 9. The molecule has 0 aliphatic rings. The highest BCUT2D eigenvalue weighted by Crippen LogP contribution is 2.23. The summed E-state index contributed by atoms with van der Waals surface area (Å²) in [5.74, 6) is 0. The van der Waals surface area contributed by atoms with Crippen LogP contribution in [0.5, 0.6) is 0 Å². The van der Waals surface area contributed by atoms with E-state index in [9.17, 15) is 0 Å². The maximum atomic E-state index is 3.50. The Labute approximate surface area is 129 Å². The summed E-state index contributed by atoms with van der Waals surface area (Å²) < 4.78 is 2.44. The number of hydrogen-bond acceptors (Lipinski definition) is 1. The summed E-state index contributed by atoms with van der Waals surface area (Å²) in [6.07, 6.45) is 8.61. The fraction of sp³-hybridized carbons (Fsp3) is 0.579. The Balaban J connectivity index is 1.98. The third kappa shape index (κ3) is 4.60. The minimum absolute atomic E-state index is 0.598. The van der Waals surface area contributed by atoms with Crippen LogP contribution in [0, 0.1) is 0 Å². The summed E-state index contributed by atoms with van der Waals surface area (Å²) in [5.41, 5.74) is 2.92. The van der Waals surface area contributed by atoms with Crippen molar-refractivity contribution in [3.8, 4) is 0 Å². The van der Waals surface area contributed by atoms with E-state index in [0.29, 0.717) is 6.04 Å². The van der Waals surface area contributed by atoms with E-state index < -0.39 is 0 Å². The van der Waals surface area contributed by atoms with Crippen molar-refractivity contribution in [2.24, 2.45) is 0 Å². The number of aryl methyl sites for hydroxylation is 2. The van der Waals surface area contributed by atoms with E-state index in [0.717, 1.165) is 13.1 Å². The van der Waals surface area contributed by atoms with Crippen LogP contribution in [0.4, 0.5) is 0 Å². The van der Waals surface area contributed by atoms with Gasteiger partial charge in [-0.1, -0.05) is 45.4 Å². The Kier molecular flexibility index (Phi) is 6.31. The van der Waals surface area contributed by atoms with E-state index in [1.54, 1.807) is 0 Å². The van der Waals surface area contributed by atoms with Crippen LogP contribution in [0.25, 0.3) is 10.9 Å². The van der Waals surface area contributed by atoms with Gasteiger partial charge >= 0.3 is 0 Å². The highest BCUT2D eigenvalue weighted by molar-refractivity contribution is 5.83. The number of fused-ring (bicyclic) bond motifs is 1. The van der Waals surface area contributed by atoms with E-state index in [1.807, 2.05) is 0 Å². The molecule has 0 aliphatic heterocycles. The first kappa shape index (κ1) is 16.1. The summed E-state index contributed by atoms with van der Waals surface area (Å²) in [6, 6.07) is 9.45. The summed E-state index contributed by atoms with van der Waals surface area (Å²) in [4.78, 5) is 0. The molecule has 0 unspecified atom stereocenters. The zero-order valence-electron chi connectivity index (χ0n) is 13.9. The van der Waals surface area contributed by atoms with Gasteiger partial charge in [-0.25, -0.2) is 0 Å². The van der Waals surface area contributed by atoms with Crippen LogP contribution < -0.4 is 5.32 Å². The lowest BCUT2D eigenvalue weighted by molar-refractivity contribution is 0.557. The summed E-state index contributed by atoms with van der Waals surface area (Å²) in [5, 5.41) is 4.95. The number of benzene rings is 1. The molecule has 0 amide bonds. The number of aromatic nitrogens is 1. The zero-order chi connectivity index (χ0) is 15.1. The summed E-state index contributed by atoms with van der Waals surface area (Å²) >= 11 is 0. The van der Waals surface area contributed by atoms with Crippen molar-refractivity contribution in [3.63, 3.8) is 0 Å². The molecule has 0 atom stereocenters. The fourth-order valence-electron chi connectivity index (χ4n) is 2.87. The van der Waals surface area contributed by atoms with Crippen LogP contribution in [-0.4, -0.2) is 17.2 Å². The molecule has 1 N–H and O–H groups in total. The van der Waals surface area contributed by atoms with Crippen molar-refractivity contribution in [1.29, 1.82) is 0 Å². The highest BCUT2D eigenvalue weighted by Gasteiger charge is 2.07. The van der Waals surface area contributed by atoms with Crippen LogP contribution in [-0.2, 0) is 13.0 Å². The molecular formula is C19H30N2. The third-order valence-corrected chi connectivity index (χ3v) is 4.05. The van der Waals surface area contributed by atoms with Gasteiger partial charge in [-0.15, -0.1) is 0 Å². The average molecular weight is 286 g/mol.